The molecular weight excluding hydrogens is 441 g/mol. The Kier molecular flexibility index (Phi) is 3.38. The van der Waals surface area contributed by atoms with Crippen LogP contribution < -0.4 is 0 Å². The first-order valence-electron chi connectivity index (χ1n) is 6.94. The van der Waals surface area contributed by atoms with Gasteiger partial charge in [-0.25, -0.2) is 4.39 Å². The molecule has 109 valence electrons. The van der Waals surface area contributed by atoms with Gasteiger partial charge in [0.15, 0.2) is 0 Å². The fraction of sp³-hybridized carbons (Fsp3) is 0.278. The molecule has 1 heterocycles. The van der Waals surface area contributed by atoms with Crippen molar-refractivity contribution in [1.82, 2.24) is 0 Å². The number of hydrogen-bond acceptors (Lipinski definition) is 1. The predicted octanol–water partition coefficient (Wildman–Crippen LogP) is 3.96. The number of nitrogens with zero attached hydrogens (tertiary/aromatic N) is 1. The van der Waals surface area contributed by atoms with Gasteiger partial charge >= 0.3 is 0 Å². The molecule has 0 N–H and O–H groups in total. The van der Waals surface area contributed by atoms with E-state index >= 15 is 0 Å². The Morgan fingerprint density at radius 1 is 1.33 bits per heavy atom. The molecule has 0 bridgehead atoms. The van der Waals surface area contributed by atoms with Gasteiger partial charge in [0.25, 0.3) is 0 Å². The van der Waals surface area contributed by atoms with Crippen LogP contribution >= 0.6 is 0 Å². The molecule has 0 amide bonds. The second-order valence-electron chi connectivity index (χ2n) is 6.18. The zero-order chi connectivity index (χ0) is 13.9. The van der Waals surface area contributed by atoms with Crippen molar-refractivity contribution in [3.05, 3.63) is 71.2 Å². The van der Waals surface area contributed by atoms with Gasteiger partial charge in [-0.2, -0.15) is 0 Å². The third-order valence-corrected chi connectivity index (χ3v) is 4.78. The SMILES string of the molecule is CC1(C)c2c([c-]ccc2F)C2=NC=CC3=CC=CC1C32.[Ir]. The number of allylic oxidation sites excluding steroid dienone is 5. The molecule has 0 saturated carbocycles. The second kappa shape index (κ2) is 4.86. The van der Waals surface area contributed by atoms with Crippen molar-refractivity contribution < 1.29 is 24.5 Å². The third-order valence-electron chi connectivity index (χ3n) is 4.78. The number of rotatable bonds is 0. The average Bonchev–Trinajstić information content (AvgIpc) is 2.44. The van der Waals surface area contributed by atoms with Gasteiger partial charge in [-0.3, -0.25) is 0 Å². The molecule has 4 rings (SSSR count). The molecular formula is C18H15FIrN-. The maximum absolute atomic E-state index is 14.4. The molecule has 0 aromatic heterocycles. The van der Waals surface area contributed by atoms with Crippen LogP contribution in [0.5, 0.6) is 0 Å². The first-order chi connectivity index (χ1) is 9.60. The van der Waals surface area contributed by atoms with E-state index in [9.17, 15) is 4.39 Å². The van der Waals surface area contributed by atoms with Crippen LogP contribution in [0.1, 0.15) is 25.0 Å². The summed E-state index contributed by atoms with van der Waals surface area (Å²) in [5.74, 6) is 0.318. The van der Waals surface area contributed by atoms with Crippen molar-refractivity contribution in [2.75, 3.05) is 0 Å². The van der Waals surface area contributed by atoms with Gasteiger partial charge in [0, 0.05) is 32.1 Å². The van der Waals surface area contributed by atoms with Crippen molar-refractivity contribution >= 4 is 5.71 Å². The van der Waals surface area contributed by atoms with E-state index in [2.05, 4.69) is 49.2 Å². The fourth-order valence-corrected chi connectivity index (χ4v) is 3.83. The Morgan fingerprint density at radius 3 is 2.95 bits per heavy atom. The second-order valence-corrected chi connectivity index (χ2v) is 6.18. The van der Waals surface area contributed by atoms with E-state index in [4.69, 9.17) is 0 Å². The van der Waals surface area contributed by atoms with Gasteiger partial charge in [0.2, 0.25) is 0 Å². The van der Waals surface area contributed by atoms with Crippen LogP contribution in [0.3, 0.4) is 0 Å². The smallest absolute Gasteiger partial charge is 0.0456 e. The molecule has 0 spiro atoms. The Labute approximate surface area is 137 Å². The average molecular weight is 457 g/mol. The summed E-state index contributed by atoms with van der Waals surface area (Å²) in [5, 5.41) is 0. The maximum atomic E-state index is 14.4. The van der Waals surface area contributed by atoms with Crippen LogP contribution in [-0.2, 0) is 25.5 Å². The van der Waals surface area contributed by atoms with E-state index in [0.717, 1.165) is 16.8 Å². The summed E-state index contributed by atoms with van der Waals surface area (Å²) >= 11 is 0. The van der Waals surface area contributed by atoms with Gasteiger partial charge < -0.3 is 4.99 Å². The molecule has 1 aromatic rings. The number of aliphatic imine (C=N–C) groups is 1. The first-order valence-corrected chi connectivity index (χ1v) is 6.94. The van der Waals surface area contributed by atoms with Crippen LogP contribution in [0.15, 0.2) is 53.2 Å². The molecule has 0 fully saturated rings. The molecule has 3 heteroatoms. The minimum Gasteiger partial charge on any atom is -0.308 e. The fourth-order valence-electron chi connectivity index (χ4n) is 3.83. The zero-order valence-electron chi connectivity index (χ0n) is 11.9. The Morgan fingerprint density at radius 2 is 2.14 bits per heavy atom. The molecule has 2 atom stereocenters. The molecule has 0 saturated heterocycles. The van der Waals surface area contributed by atoms with Crippen LogP contribution in [0.25, 0.3) is 0 Å². The van der Waals surface area contributed by atoms with Crippen LogP contribution in [0.2, 0.25) is 0 Å². The number of fused-ring (bicyclic) bond motifs is 2. The molecule has 2 aliphatic carbocycles. The normalized spacial score (nSPS) is 27.0. The molecule has 2 unspecified atom stereocenters. The quantitative estimate of drug-likeness (QED) is 0.524. The summed E-state index contributed by atoms with van der Waals surface area (Å²) < 4.78 is 14.4. The van der Waals surface area contributed by atoms with Gasteiger partial charge in [0.05, 0.1) is 0 Å². The number of hydrogen-bond donors (Lipinski definition) is 0. The summed E-state index contributed by atoms with van der Waals surface area (Å²) in [7, 11) is 0. The molecule has 1 nitrogen and oxygen atoms in total. The Bertz CT molecular complexity index is 725. The standard InChI is InChI=1S/C18H15FN.Ir/c1-18(2)13-7-3-5-11-9-10-20-17(15(11)13)12-6-4-8-14(19)16(12)18;/h3-5,7-10,13,15H,1-2H3;/q-1;. The summed E-state index contributed by atoms with van der Waals surface area (Å²) in [6.45, 7) is 4.24. The molecule has 1 radical (unpaired) electrons. The third kappa shape index (κ3) is 1.88. The predicted molar refractivity (Wildman–Crippen MR) is 78.1 cm³/mol. The van der Waals surface area contributed by atoms with Crippen LogP contribution in [0, 0.1) is 23.7 Å². The zero-order valence-corrected chi connectivity index (χ0v) is 14.2. The monoisotopic (exact) mass is 457 g/mol. The first kappa shape index (κ1) is 14.6. The molecule has 3 aliphatic rings. The summed E-state index contributed by atoms with van der Waals surface area (Å²) in [4.78, 5) is 4.55. The van der Waals surface area contributed by atoms with Gasteiger partial charge in [-0.05, 0) is 34.6 Å². The summed E-state index contributed by atoms with van der Waals surface area (Å²) in [5.41, 5.74) is 3.56. The van der Waals surface area contributed by atoms with Crippen molar-refractivity contribution in [3.8, 4) is 0 Å². The topological polar surface area (TPSA) is 12.4 Å². The van der Waals surface area contributed by atoms with Crippen molar-refractivity contribution in [2.24, 2.45) is 16.8 Å². The Hall–Kier alpha value is -1.31. The molecule has 1 aromatic carbocycles. The van der Waals surface area contributed by atoms with E-state index in [-0.39, 0.29) is 43.2 Å². The van der Waals surface area contributed by atoms with E-state index in [1.54, 1.807) is 6.07 Å². The van der Waals surface area contributed by atoms with Gasteiger partial charge in [0.1, 0.15) is 0 Å². The van der Waals surface area contributed by atoms with E-state index in [0.29, 0.717) is 0 Å². The van der Waals surface area contributed by atoms with Crippen molar-refractivity contribution in [3.63, 3.8) is 0 Å². The van der Waals surface area contributed by atoms with E-state index in [1.807, 2.05) is 6.20 Å². The minimum atomic E-state index is -0.262. The van der Waals surface area contributed by atoms with Gasteiger partial charge in [-0.15, -0.1) is 23.8 Å². The van der Waals surface area contributed by atoms with E-state index < -0.39 is 0 Å². The molecule has 1 aliphatic heterocycles. The van der Waals surface area contributed by atoms with Crippen LogP contribution in [-0.4, -0.2) is 5.71 Å². The van der Waals surface area contributed by atoms with E-state index in [1.165, 1.54) is 11.6 Å². The minimum absolute atomic E-state index is 0. The van der Waals surface area contributed by atoms with Gasteiger partial charge in [-0.1, -0.05) is 37.6 Å². The summed E-state index contributed by atoms with van der Waals surface area (Å²) in [6, 6.07) is 6.38. The number of halogens is 1. The maximum Gasteiger partial charge on any atom is 0.0456 e. The Balaban J connectivity index is 0.00000132. The number of benzene rings is 1. The van der Waals surface area contributed by atoms with Crippen molar-refractivity contribution in [1.29, 1.82) is 0 Å². The van der Waals surface area contributed by atoms with Crippen molar-refractivity contribution in [2.45, 2.75) is 19.3 Å². The van der Waals surface area contributed by atoms with Crippen LogP contribution in [0.4, 0.5) is 4.39 Å². The largest absolute Gasteiger partial charge is 0.308 e. The molecule has 21 heavy (non-hydrogen) atoms. The summed E-state index contributed by atoms with van der Waals surface area (Å²) in [6.07, 6.45) is 10.3.